The molecule has 0 spiro atoms. The molecule has 0 aromatic carbocycles. The van der Waals surface area contributed by atoms with E-state index in [9.17, 15) is 9.00 Å². The van der Waals surface area contributed by atoms with Crippen LogP contribution < -0.4 is 0 Å². The standard InChI is InChI=1S/C4H6O3S/c1-3(2-8-7)4(5)6/h2-3H,1H3,(H,5,6). The van der Waals surface area contributed by atoms with Crippen molar-refractivity contribution < 1.29 is 14.1 Å². The van der Waals surface area contributed by atoms with Crippen LogP contribution in [-0.4, -0.2) is 20.7 Å². The summed E-state index contributed by atoms with van der Waals surface area (Å²) in [6.45, 7) is 1.45. The van der Waals surface area contributed by atoms with E-state index < -0.39 is 11.9 Å². The third kappa shape index (κ3) is 2.52. The molecular formula is C4H6O3S. The Morgan fingerprint density at radius 2 is 2.38 bits per heavy atom. The highest BCUT2D eigenvalue weighted by Gasteiger charge is 2.04. The number of hydrogen-bond acceptors (Lipinski definition) is 2. The monoisotopic (exact) mass is 134 g/mol. The van der Waals surface area contributed by atoms with Crippen molar-refractivity contribution in [3.8, 4) is 0 Å². The number of carboxylic acids is 1. The zero-order valence-corrected chi connectivity index (χ0v) is 5.14. The molecule has 46 valence electrons. The lowest BCUT2D eigenvalue weighted by Gasteiger charge is -1.90. The van der Waals surface area contributed by atoms with Gasteiger partial charge in [0.2, 0.25) is 0 Å². The van der Waals surface area contributed by atoms with Crippen molar-refractivity contribution in [2.24, 2.45) is 5.92 Å². The molecule has 1 atom stereocenters. The van der Waals surface area contributed by atoms with Gasteiger partial charge in [-0.15, -0.1) is 0 Å². The molecule has 0 bridgehead atoms. The molecule has 0 saturated carbocycles. The molecule has 0 aliphatic heterocycles. The van der Waals surface area contributed by atoms with Crippen LogP contribution >= 0.6 is 0 Å². The first-order valence-corrected chi connectivity index (χ1v) is 2.83. The van der Waals surface area contributed by atoms with Crippen LogP contribution in [0.3, 0.4) is 0 Å². The molecule has 0 rings (SSSR count). The summed E-state index contributed by atoms with van der Waals surface area (Å²) in [5, 5.41) is 9.26. The average Bonchev–Trinajstić information content (AvgIpc) is 1.67. The van der Waals surface area contributed by atoms with Crippen LogP contribution in [0.4, 0.5) is 0 Å². The average molecular weight is 134 g/mol. The molecule has 0 heterocycles. The highest BCUT2D eigenvalue weighted by atomic mass is 32.1. The summed E-state index contributed by atoms with van der Waals surface area (Å²) in [6, 6.07) is 0. The Balaban J connectivity index is 3.82. The summed E-state index contributed by atoms with van der Waals surface area (Å²) in [6.07, 6.45) is 0. The summed E-state index contributed by atoms with van der Waals surface area (Å²) in [5.41, 5.74) is 0. The Morgan fingerprint density at radius 1 is 1.88 bits per heavy atom. The van der Waals surface area contributed by atoms with Crippen LogP contribution in [0.1, 0.15) is 6.92 Å². The third-order valence-electron chi connectivity index (χ3n) is 0.649. The normalized spacial score (nSPS) is 12.1. The third-order valence-corrected chi connectivity index (χ3v) is 1.17. The first-order chi connectivity index (χ1) is 3.68. The minimum atomic E-state index is -0.964. The van der Waals surface area contributed by atoms with Crippen LogP contribution in [-0.2, 0) is 16.1 Å². The van der Waals surface area contributed by atoms with Crippen LogP contribution in [0.2, 0.25) is 0 Å². The highest BCUT2D eigenvalue weighted by Crippen LogP contribution is 1.85. The first kappa shape index (κ1) is 7.36. The number of hydrogen-bond donors (Lipinski definition) is 1. The minimum Gasteiger partial charge on any atom is -0.481 e. The molecule has 0 saturated heterocycles. The van der Waals surface area contributed by atoms with Gasteiger partial charge in [-0.3, -0.25) is 4.79 Å². The summed E-state index contributed by atoms with van der Waals surface area (Å²) in [4.78, 5) is 9.91. The van der Waals surface area contributed by atoms with Gasteiger partial charge in [-0.25, -0.2) is 4.21 Å². The van der Waals surface area contributed by atoms with Gasteiger partial charge >= 0.3 is 5.97 Å². The molecular weight excluding hydrogens is 128 g/mol. The van der Waals surface area contributed by atoms with Crippen molar-refractivity contribution >= 4 is 22.6 Å². The van der Waals surface area contributed by atoms with Crippen molar-refractivity contribution in [3.05, 3.63) is 0 Å². The lowest BCUT2D eigenvalue weighted by Crippen LogP contribution is -2.09. The Hall–Kier alpha value is -0.640. The van der Waals surface area contributed by atoms with E-state index >= 15 is 0 Å². The lowest BCUT2D eigenvalue weighted by atomic mass is 10.2. The van der Waals surface area contributed by atoms with Gasteiger partial charge in [-0.1, -0.05) is 0 Å². The van der Waals surface area contributed by atoms with Gasteiger partial charge in [0.1, 0.15) is 0 Å². The quantitative estimate of drug-likeness (QED) is 0.528. The van der Waals surface area contributed by atoms with Crippen LogP contribution in [0.15, 0.2) is 0 Å². The van der Waals surface area contributed by atoms with Crippen LogP contribution in [0, 0.1) is 5.92 Å². The van der Waals surface area contributed by atoms with Crippen molar-refractivity contribution in [3.63, 3.8) is 0 Å². The van der Waals surface area contributed by atoms with Crippen LogP contribution in [0.5, 0.6) is 0 Å². The van der Waals surface area contributed by atoms with E-state index in [1.54, 1.807) is 0 Å². The topological polar surface area (TPSA) is 54.4 Å². The molecule has 8 heavy (non-hydrogen) atoms. The molecule has 0 aromatic rings. The Morgan fingerprint density at radius 3 is 2.50 bits per heavy atom. The second-order valence-electron chi connectivity index (χ2n) is 1.36. The highest BCUT2D eigenvalue weighted by molar-refractivity contribution is 7.64. The van der Waals surface area contributed by atoms with E-state index in [1.165, 1.54) is 6.92 Å². The zero-order valence-electron chi connectivity index (χ0n) is 4.33. The van der Waals surface area contributed by atoms with Crippen molar-refractivity contribution in [1.29, 1.82) is 0 Å². The van der Waals surface area contributed by atoms with E-state index in [0.717, 1.165) is 5.37 Å². The van der Waals surface area contributed by atoms with Crippen molar-refractivity contribution in [2.75, 3.05) is 0 Å². The largest absolute Gasteiger partial charge is 0.481 e. The Bertz CT molecular complexity index is 134. The van der Waals surface area contributed by atoms with Gasteiger partial charge in [0.15, 0.2) is 0 Å². The summed E-state index contributed by atoms with van der Waals surface area (Å²) in [5.74, 6) is -1.61. The van der Waals surface area contributed by atoms with E-state index in [1.807, 2.05) is 0 Å². The second-order valence-corrected chi connectivity index (χ2v) is 1.82. The van der Waals surface area contributed by atoms with Crippen molar-refractivity contribution in [1.82, 2.24) is 0 Å². The van der Waals surface area contributed by atoms with E-state index in [0.29, 0.717) is 0 Å². The fourth-order valence-corrected chi connectivity index (χ4v) is 0.425. The van der Waals surface area contributed by atoms with Crippen molar-refractivity contribution in [2.45, 2.75) is 6.92 Å². The maximum atomic E-state index is 9.91. The number of carboxylic acid groups (broad SMARTS) is 1. The van der Waals surface area contributed by atoms with Gasteiger partial charge in [-0.2, -0.15) is 0 Å². The number of aliphatic carboxylic acids is 1. The molecule has 3 nitrogen and oxygen atoms in total. The van der Waals surface area contributed by atoms with E-state index in [2.05, 4.69) is 0 Å². The fraction of sp³-hybridized carbons (Fsp3) is 0.500. The maximum Gasteiger partial charge on any atom is 0.311 e. The molecule has 0 fully saturated rings. The van der Waals surface area contributed by atoms with Gasteiger partial charge in [0.25, 0.3) is 0 Å². The number of carbonyl (C=O) groups is 1. The van der Waals surface area contributed by atoms with E-state index in [-0.39, 0.29) is 11.3 Å². The maximum absolute atomic E-state index is 9.91. The van der Waals surface area contributed by atoms with Gasteiger partial charge in [-0.05, 0) is 6.92 Å². The second kappa shape index (κ2) is 3.37. The fourth-order valence-electron chi connectivity index (χ4n) is 0.142. The van der Waals surface area contributed by atoms with E-state index in [4.69, 9.17) is 5.11 Å². The first-order valence-electron chi connectivity index (χ1n) is 2.03. The Kier molecular flexibility index (Phi) is 3.10. The molecule has 0 radical (unpaired) electrons. The molecule has 0 aliphatic rings. The van der Waals surface area contributed by atoms with Gasteiger partial charge < -0.3 is 5.11 Å². The SMILES string of the molecule is CC(C=S=O)C(=O)O. The zero-order chi connectivity index (χ0) is 6.57. The van der Waals surface area contributed by atoms with Gasteiger partial charge in [0, 0.05) is 5.37 Å². The number of rotatable bonds is 2. The summed E-state index contributed by atoms with van der Waals surface area (Å²) < 4.78 is 9.64. The van der Waals surface area contributed by atoms with Crippen LogP contribution in [0.25, 0.3) is 0 Å². The predicted octanol–water partition coefficient (Wildman–Crippen LogP) is -0.278. The summed E-state index contributed by atoms with van der Waals surface area (Å²) >= 11 is 0.182. The molecule has 4 heteroatoms. The molecule has 0 aliphatic carbocycles. The minimum absolute atomic E-state index is 0.182. The molecule has 0 amide bonds. The predicted molar refractivity (Wildman–Crippen MR) is 31.0 cm³/mol. The molecule has 1 unspecified atom stereocenters. The Labute approximate surface area is 50.4 Å². The molecule has 0 aromatic heterocycles. The van der Waals surface area contributed by atoms with Gasteiger partial charge in [0.05, 0.1) is 17.2 Å². The smallest absolute Gasteiger partial charge is 0.311 e. The lowest BCUT2D eigenvalue weighted by molar-refractivity contribution is -0.138. The summed E-state index contributed by atoms with van der Waals surface area (Å²) in [7, 11) is 0. The molecule has 1 N–H and O–H groups in total.